The number of allylic oxidation sites excluding steroid dienone is 2. The number of carbonyl (C=O) groups is 1. The number of halogens is 2. The van der Waals surface area contributed by atoms with Gasteiger partial charge in [0, 0.05) is 24.0 Å². The maximum Gasteiger partial charge on any atom is 0.268 e. The number of carbonyl (C=O) groups excluding carboxylic acids is 1. The molecule has 24 heavy (non-hydrogen) atoms. The van der Waals surface area contributed by atoms with Crippen molar-refractivity contribution in [1.82, 2.24) is 9.88 Å². The number of nitrogens with zero attached hydrogens (tertiary/aromatic N) is 1. The van der Waals surface area contributed by atoms with Crippen LogP contribution in [0, 0.1) is 5.82 Å². The molecule has 0 aliphatic heterocycles. The number of thiophene rings is 1. The first-order valence-electron chi connectivity index (χ1n) is 7.50. The molecule has 2 aromatic heterocycles. The molecule has 0 saturated heterocycles. The number of fused-ring (bicyclic) bond motifs is 1. The van der Waals surface area contributed by atoms with Crippen LogP contribution in [0.5, 0.6) is 0 Å². The molecule has 1 amide bonds. The van der Waals surface area contributed by atoms with Gasteiger partial charge in [0.1, 0.15) is 11.5 Å². The van der Waals surface area contributed by atoms with E-state index in [0.29, 0.717) is 17.8 Å². The molecular formula is C18H16BrFN2OS. The zero-order chi connectivity index (χ0) is 17.1. The molecule has 0 aliphatic carbocycles. The highest BCUT2D eigenvalue weighted by molar-refractivity contribution is 9.10. The summed E-state index contributed by atoms with van der Waals surface area (Å²) >= 11 is 5.13. The summed E-state index contributed by atoms with van der Waals surface area (Å²) in [5.74, 6) is -0.524. The molecule has 3 nitrogen and oxygen atoms in total. The van der Waals surface area contributed by atoms with Crippen molar-refractivity contribution in [3.8, 4) is 0 Å². The summed E-state index contributed by atoms with van der Waals surface area (Å²) in [6.45, 7) is 2.72. The van der Waals surface area contributed by atoms with Crippen LogP contribution in [0.1, 0.15) is 23.0 Å². The fourth-order valence-corrected chi connectivity index (χ4v) is 4.22. The molecule has 0 bridgehead atoms. The summed E-state index contributed by atoms with van der Waals surface area (Å²) in [6.07, 6.45) is 3.95. The Hall–Kier alpha value is -1.92. The zero-order valence-electron chi connectivity index (χ0n) is 13.1. The number of aromatic nitrogens is 1. The number of hydrogen-bond donors (Lipinski definition) is 1. The maximum atomic E-state index is 13.7. The molecule has 0 atom stereocenters. The second-order valence-electron chi connectivity index (χ2n) is 5.28. The van der Waals surface area contributed by atoms with E-state index in [-0.39, 0.29) is 18.3 Å². The fraction of sp³-hybridized carbons (Fsp3) is 0.167. The second-order valence-corrected chi connectivity index (χ2v) is 7.05. The van der Waals surface area contributed by atoms with Crippen LogP contribution in [-0.2, 0) is 13.1 Å². The van der Waals surface area contributed by atoms with Gasteiger partial charge in [-0.3, -0.25) is 4.79 Å². The Bertz CT molecular complexity index is 913. The van der Waals surface area contributed by atoms with Gasteiger partial charge in [0.05, 0.1) is 14.7 Å². The molecule has 0 aliphatic rings. The molecule has 1 aromatic carbocycles. The van der Waals surface area contributed by atoms with Crippen molar-refractivity contribution in [2.45, 2.75) is 20.0 Å². The first-order valence-corrected chi connectivity index (χ1v) is 9.18. The van der Waals surface area contributed by atoms with Gasteiger partial charge in [-0.2, -0.15) is 0 Å². The minimum Gasteiger partial charge on any atom is -0.347 e. The minimum atomic E-state index is -0.314. The highest BCUT2D eigenvalue weighted by Crippen LogP contribution is 2.33. The van der Waals surface area contributed by atoms with Gasteiger partial charge in [-0.1, -0.05) is 30.4 Å². The van der Waals surface area contributed by atoms with E-state index in [4.69, 9.17) is 0 Å². The average molecular weight is 407 g/mol. The van der Waals surface area contributed by atoms with Crippen LogP contribution < -0.4 is 5.32 Å². The van der Waals surface area contributed by atoms with Crippen molar-refractivity contribution < 1.29 is 9.18 Å². The van der Waals surface area contributed by atoms with Crippen molar-refractivity contribution in [3.63, 3.8) is 0 Å². The number of nitrogens with one attached hydrogen (secondary N) is 1. The van der Waals surface area contributed by atoms with Gasteiger partial charge in [-0.15, -0.1) is 11.3 Å². The lowest BCUT2D eigenvalue weighted by Crippen LogP contribution is -2.25. The summed E-state index contributed by atoms with van der Waals surface area (Å²) in [7, 11) is 0. The number of hydrogen-bond acceptors (Lipinski definition) is 2. The van der Waals surface area contributed by atoms with E-state index < -0.39 is 0 Å². The van der Waals surface area contributed by atoms with Crippen molar-refractivity contribution in [1.29, 1.82) is 0 Å². The highest BCUT2D eigenvalue weighted by Gasteiger charge is 2.18. The second kappa shape index (κ2) is 7.32. The van der Waals surface area contributed by atoms with E-state index in [9.17, 15) is 9.18 Å². The van der Waals surface area contributed by atoms with Gasteiger partial charge in [0.25, 0.3) is 5.91 Å². The fourth-order valence-electron chi connectivity index (χ4n) is 2.53. The first kappa shape index (κ1) is 16.9. The predicted octanol–water partition coefficient (Wildman–Crippen LogP) is 5.11. The highest BCUT2D eigenvalue weighted by atomic mass is 79.9. The van der Waals surface area contributed by atoms with E-state index in [1.165, 1.54) is 6.07 Å². The average Bonchev–Trinajstić information content (AvgIpc) is 3.12. The van der Waals surface area contributed by atoms with Crippen molar-refractivity contribution >= 4 is 43.4 Å². The molecule has 3 aromatic rings. The number of benzene rings is 1. The molecule has 2 heterocycles. The third kappa shape index (κ3) is 3.30. The maximum absolute atomic E-state index is 13.7. The van der Waals surface area contributed by atoms with Crippen LogP contribution in [-0.4, -0.2) is 10.5 Å². The van der Waals surface area contributed by atoms with Crippen LogP contribution in [0.25, 0.3) is 10.2 Å². The Labute approximate surface area is 151 Å². The van der Waals surface area contributed by atoms with Gasteiger partial charge in [-0.05, 0) is 35.0 Å². The largest absolute Gasteiger partial charge is 0.347 e. The summed E-state index contributed by atoms with van der Waals surface area (Å²) in [5.41, 5.74) is 2.06. The standard InChI is InChI=1S/C18H16BrFN2OS/c1-2-3-8-22-15(9-16-17(22)13(19)11-24-16)18(23)21-10-12-6-4-5-7-14(12)20/h2-7,9,11H,8,10H2,1H3,(H,21,23). The van der Waals surface area contributed by atoms with Crippen LogP contribution >= 0.6 is 27.3 Å². The van der Waals surface area contributed by atoms with E-state index in [2.05, 4.69) is 21.2 Å². The molecule has 0 unspecified atom stereocenters. The summed E-state index contributed by atoms with van der Waals surface area (Å²) < 4.78 is 17.7. The van der Waals surface area contributed by atoms with Gasteiger partial charge < -0.3 is 9.88 Å². The third-order valence-corrected chi connectivity index (χ3v) is 5.56. The molecule has 124 valence electrons. The van der Waals surface area contributed by atoms with Crippen molar-refractivity contribution in [3.05, 3.63) is 69.4 Å². The van der Waals surface area contributed by atoms with Gasteiger partial charge in [0.15, 0.2) is 0 Å². The summed E-state index contributed by atoms with van der Waals surface area (Å²) in [6, 6.07) is 8.33. The lowest BCUT2D eigenvalue weighted by atomic mass is 10.2. The molecular weight excluding hydrogens is 391 g/mol. The van der Waals surface area contributed by atoms with E-state index in [1.807, 2.05) is 35.1 Å². The summed E-state index contributed by atoms with van der Waals surface area (Å²) in [4.78, 5) is 12.6. The SMILES string of the molecule is CC=CCn1c(C(=O)NCc2ccccc2F)cc2scc(Br)c21. The van der Waals surface area contributed by atoms with E-state index >= 15 is 0 Å². The molecule has 3 rings (SSSR count). The lowest BCUT2D eigenvalue weighted by Gasteiger charge is -2.10. The topological polar surface area (TPSA) is 34.0 Å². The number of rotatable bonds is 5. The van der Waals surface area contributed by atoms with Crippen molar-refractivity contribution in [2.24, 2.45) is 0 Å². The Balaban J connectivity index is 1.87. The summed E-state index contributed by atoms with van der Waals surface area (Å²) in [5, 5.41) is 4.82. The van der Waals surface area contributed by atoms with Gasteiger partial charge in [-0.25, -0.2) is 4.39 Å². The van der Waals surface area contributed by atoms with Crippen molar-refractivity contribution in [2.75, 3.05) is 0 Å². The molecule has 0 fully saturated rings. The van der Waals surface area contributed by atoms with Crippen LogP contribution in [0.4, 0.5) is 4.39 Å². The molecule has 1 N–H and O–H groups in total. The molecule has 0 radical (unpaired) electrons. The van der Waals surface area contributed by atoms with Crippen LogP contribution in [0.15, 0.2) is 52.3 Å². The third-order valence-electron chi connectivity index (χ3n) is 3.73. The van der Waals surface area contributed by atoms with E-state index in [1.54, 1.807) is 29.5 Å². The first-order chi connectivity index (χ1) is 11.6. The van der Waals surface area contributed by atoms with E-state index in [0.717, 1.165) is 14.7 Å². The normalized spacial score (nSPS) is 11.5. The Morgan fingerprint density at radius 1 is 1.42 bits per heavy atom. The predicted molar refractivity (Wildman–Crippen MR) is 99.9 cm³/mol. The molecule has 0 saturated carbocycles. The Morgan fingerprint density at radius 3 is 2.96 bits per heavy atom. The Morgan fingerprint density at radius 2 is 2.21 bits per heavy atom. The van der Waals surface area contributed by atoms with Gasteiger partial charge >= 0.3 is 0 Å². The molecule has 6 heteroatoms. The quantitative estimate of drug-likeness (QED) is 0.586. The van der Waals surface area contributed by atoms with Gasteiger partial charge in [0.2, 0.25) is 0 Å². The monoisotopic (exact) mass is 406 g/mol. The smallest absolute Gasteiger partial charge is 0.268 e. The number of amides is 1. The van der Waals surface area contributed by atoms with Crippen LogP contribution in [0.2, 0.25) is 0 Å². The zero-order valence-corrected chi connectivity index (χ0v) is 15.5. The van der Waals surface area contributed by atoms with Crippen LogP contribution in [0.3, 0.4) is 0 Å². The Kier molecular flexibility index (Phi) is 5.16. The minimum absolute atomic E-state index is 0.162. The molecule has 0 spiro atoms. The lowest BCUT2D eigenvalue weighted by molar-refractivity contribution is 0.0942.